The molecule has 0 radical (unpaired) electrons. The molecular formula is C17H10Cl2INO2. The zero-order valence-corrected chi connectivity index (χ0v) is 15.3. The number of nitrogens with one attached hydrogen (secondary N) is 1. The maximum Gasteiger partial charge on any atom is 0.291 e. The molecule has 0 atom stereocenters. The molecule has 1 heterocycles. The first kappa shape index (κ1) is 16.4. The van der Waals surface area contributed by atoms with Crippen LogP contribution < -0.4 is 5.32 Å². The van der Waals surface area contributed by atoms with Gasteiger partial charge < -0.3 is 9.73 Å². The molecule has 0 aliphatic rings. The van der Waals surface area contributed by atoms with Gasteiger partial charge in [-0.3, -0.25) is 4.79 Å². The summed E-state index contributed by atoms with van der Waals surface area (Å²) >= 11 is 14.2. The average molecular weight is 458 g/mol. The van der Waals surface area contributed by atoms with Crippen LogP contribution in [0.5, 0.6) is 0 Å². The van der Waals surface area contributed by atoms with E-state index in [0.29, 0.717) is 21.4 Å². The third-order valence-electron chi connectivity index (χ3n) is 3.15. The first-order valence-electron chi connectivity index (χ1n) is 6.66. The van der Waals surface area contributed by atoms with E-state index in [4.69, 9.17) is 27.6 Å². The first-order chi connectivity index (χ1) is 11.0. The van der Waals surface area contributed by atoms with E-state index in [0.717, 1.165) is 9.26 Å². The predicted octanol–water partition coefficient (Wildman–Crippen LogP) is 6.11. The molecule has 0 bridgehead atoms. The van der Waals surface area contributed by atoms with Gasteiger partial charge in [-0.1, -0.05) is 35.3 Å². The summed E-state index contributed by atoms with van der Waals surface area (Å²) < 4.78 is 6.57. The van der Waals surface area contributed by atoms with Crippen LogP contribution in [0.1, 0.15) is 10.6 Å². The van der Waals surface area contributed by atoms with Crippen molar-refractivity contribution in [2.45, 2.75) is 0 Å². The minimum Gasteiger partial charge on any atom is -0.451 e. The third-order valence-corrected chi connectivity index (χ3v) is 4.64. The Bertz CT molecular complexity index is 877. The summed E-state index contributed by atoms with van der Waals surface area (Å²) in [6, 6.07) is 15.9. The van der Waals surface area contributed by atoms with E-state index >= 15 is 0 Å². The van der Waals surface area contributed by atoms with Crippen LogP contribution in [0.4, 0.5) is 5.69 Å². The topological polar surface area (TPSA) is 42.2 Å². The zero-order chi connectivity index (χ0) is 16.4. The highest BCUT2D eigenvalue weighted by molar-refractivity contribution is 14.1. The van der Waals surface area contributed by atoms with Crippen molar-refractivity contribution in [3.63, 3.8) is 0 Å². The second kappa shape index (κ2) is 6.95. The molecule has 2 aromatic carbocycles. The van der Waals surface area contributed by atoms with Crippen molar-refractivity contribution in [1.29, 1.82) is 0 Å². The molecule has 0 aliphatic heterocycles. The Balaban J connectivity index is 1.84. The van der Waals surface area contributed by atoms with Gasteiger partial charge in [0.1, 0.15) is 5.76 Å². The molecule has 3 nitrogen and oxygen atoms in total. The lowest BCUT2D eigenvalue weighted by atomic mass is 10.2. The van der Waals surface area contributed by atoms with Gasteiger partial charge in [0.25, 0.3) is 5.91 Å². The Kier molecular flexibility index (Phi) is 4.94. The third kappa shape index (κ3) is 3.71. The molecule has 3 aromatic rings. The molecule has 0 fully saturated rings. The molecule has 0 aliphatic carbocycles. The Morgan fingerprint density at radius 3 is 2.57 bits per heavy atom. The monoisotopic (exact) mass is 457 g/mol. The van der Waals surface area contributed by atoms with E-state index in [2.05, 4.69) is 27.9 Å². The smallest absolute Gasteiger partial charge is 0.291 e. The lowest BCUT2D eigenvalue weighted by molar-refractivity contribution is 0.0997. The van der Waals surface area contributed by atoms with Gasteiger partial charge in [-0.2, -0.15) is 0 Å². The Labute approximate surface area is 156 Å². The summed E-state index contributed by atoms with van der Waals surface area (Å²) in [5.74, 6) is 0.413. The fourth-order valence-electron chi connectivity index (χ4n) is 2.04. The van der Waals surface area contributed by atoms with E-state index in [-0.39, 0.29) is 11.7 Å². The fraction of sp³-hybridized carbons (Fsp3) is 0. The number of rotatable bonds is 3. The van der Waals surface area contributed by atoms with E-state index < -0.39 is 0 Å². The number of para-hydroxylation sites is 1. The maximum atomic E-state index is 12.3. The fourth-order valence-corrected chi connectivity index (χ4v) is 3.06. The highest BCUT2D eigenvalue weighted by atomic mass is 127. The predicted molar refractivity (Wildman–Crippen MR) is 101 cm³/mol. The van der Waals surface area contributed by atoms with Crippen LogP contribution in [0.2, 0.25) is 10.0 Å². The number of amides is 1. The van der Waals surface area contributed by atoms with Crippen LogP contribution in [-0.2, 0) is 0 Å². The van der Waals surface area contributed by atoms with Crippen LogP contribution >= 0.6 is 45.8 Å². The van der Waals surface area contributed by atoms with Gasteiger partial charge in [0.2, 0.25) is 0 Å². The summed E-state index contributed by atoms with van der Waals surface area (Å²) in [4.78, 5) is 12.3. The largest absolute Gasteiger partial charge is 0.451 e. The van der Waals surface area contributed by atoms with Gasteiger partial charge in [-0.05, 0) is 65.1 Å². The molecule has 116 valence electrons. The van der Waals surface area contributed by atoms with Gasteiger partial charge in [0.05, 0.1) is 10.7 Å². The molecule has 1 aromatic heterocycles. The second-order valence-corrected chi connectivity index (χ2v) is 6.73. The summed E-state index contributed by atoms with van der Waals surface area (Å²) in [6.45, 7) is 0. The number of anilines is 1. The lowest BCUT2D eigenvalue weighted by Crippen LogP contribution is -2.11. The number of benzene rings is 2. The van der Waals surface area contributed by atoms with Crippen LogP contribution in [0, 0.1) is 3.57 Å². The zero-order valence-electron chi connectivity index (χ0n) is 11.6. The Hall–Kier alpha value is -1.50. The number of carbonyl (C=O) groups excluding carboxylic acids is 1. The van der Waals surface area contributed by atoms with Crippen LogP contribution in [0.25, 0.3) is 11.3 Å². The van der Waals surface area contributed by atoms with E-state index in [1.807, 2.05) is 24.3 Å². The van der Waals surface area contributed by atoms with Crippen LogP contribution in [-0.4, -0.2) is 5.91 Å². The van der Waals surface area contributed by atoms with Crippen molar-refractivity contribution in [2.24, 2.45) is 0 Å². The molecule has 0 unspecified atom stereocenters. The molecule has 0 saturated heterocycles. The van der Waals surface area contributed by atoms with Crippen molar-refractivity contribution in [3.8, 4) is 11.3 Å². The average Bonchev–Trinajstić information content (AvgIpc) is 2.99. The van der Waals surface area contributed by atoms with Gasteiger partial charge in [-0.25, -0.2) is 0 Å². The summed E-state index contributed by atoms with van der Waals surface area (Å²) in [5, 5.41) is 3.83. The molecule has 3 rings (SSSR count). The maximum absolute atomic E-state index is 12.3. The van der Waals surface area contributed by atoms with Gasteiger partial charge in [0, 0.05) is 14.2 Å². The van der Waals surface area contributed by atoms with Gasteiger partial charge >= 0.3 is 0 Å². The Morgan fingerprint density at radius 2 is 1.83 bits per heavy atom. The number of carbonyl (C=O) groups is 1. The molecular weight excluding hydrogens is 448 g/mol. The Morgan fingerprint density at radius 1 is 1.04 bits per heavy atom. The van der Waals surface area contributed by atoms with Gasteiger partial charge in [0.15, 0.2) is 5.76 Å². The molecule has 23 heavy (non-hydrogen) atoms. The van der Waals surface area contributed by atoms with Crippen LogP contribution in [0.15, 0.2) is 59.0 Å². The lowest BCUT2D eigenvalue weighted by Gasteiger charge is -2.05. The quantitative estimate of drug-likeness (QED) is 0.482. The van der Waals surface area contributed by atoms with Crippen molar-refractivity contribution >= 4 is 57.4 Å². The standard InChI is InChI=1S/C17H10Cl2INO2/c18-10-5-6-11(12(19)9-10)15-7-8-16(23-15)17(22)21-14-4-2-1-3-13(14)20/h1-9H,(H,21,22). The highest BCUT2D eigenvalue weighted by Crippen LogP contribution is 2.31. The normalized spacial score (nSPS) is 10.6. The molecule has 6 heteroatoms. The minimum absolute atomic E-state index is 0.214. The van der Waals surface area contributed by atoms with Crippen molar-refractivity contribution in [2.75, 3.05) is 5.32 Å². The minimum atomic E-state index is -0.314. The number of halogens is 3. The second-order valence-electron chi connectivity index (χ2n) is 4.72. The van der Waals surface area contributed by atoms with Crippen molar-refractivity contribution in [3.05, 3.63) is 74.0 Å². The highest BCUT2D eigenvalue weighted by Gasteiger charge is 2.15. The summed E-state index contributed by atoms with van der Waals surface area (Å²) in [7, 11) is 0. The van der Waals surface area contributed by atoms with Crippen molar-refractivity contribution in [1.82, 2.24) is 0 Å². The van der Waals surface area contributed by atoms with E-state index in [9.17, 15) is 4.79 Å². The first-order valence-corrected chi connectivity index (χ1v) is 8.49. The molecule has 1 N–H and O–H groups in total. The van der Waals surface area contributed by atoms with E-state index in [1.54, 1.807) is 30.3 Å². The van der Waals surface area contributed by atoms with Crippen molar-refractivity contribution < 1.29 is 9.21 Å². The summed E-state index contributed by atoms with van der Waals surface area (Å²) in [5.41, 5.74) is 1.42. The van der Waals surface area contributed by atoms with E-state index in [1.165, 1.54) is 0 Å². The van der Waals surface area contributed by atoms with Gasteiger partial charge in [-0.15, -0.1) is 0 Å². The molecule has 0 spiro atoms. The number of hydrogen-bond acceptors (Lipinski definition) is 2. The number of furan rings is 1. The number of hydrogen-bond donors (Lipinski definition) is 1. The van der Waals surface area contributed by atoms with Crippen LogP contribution in [0.3, 0.4) is 0 Å². The molecule has 1 amide bonds. The molecule has 0 saturated carbocycles. The summed E-state index contributed by atoms with van der Waals surface area (Å²) in [6.07, 6.45) is 0. The SMILES string of the molecule is O=C(Nc1ccccc1I)c1ccc(-c2ccc(Cl)cc2Cl)o1.